The first-order valence-corrected chi connectivity index (χ1v) is 6.43. The van der Waals surface area contributed by atoms with E-state index < -0.39 is 0 Å². The predicted octanol–water partition coefficient (Wildman–Crippen LogP) is 0.161. The Morgan fingerprint density at radius 1 is 1.41 bits per heavy atom. The van der Waals surface area contributed by atoms with E-state index in [0.717, 1.165) is 45.8 Å². The van der Waals surface area contributed by atoms with Crippen molar-refractivity contribution in [3.05, 3.63) is 17.7 Å². The average molecular weight is 236 g/mol. The SMILES string of the molecule is NCC1CCc2c(CN3CCOCC3)ncn21. The highest BCUT2D eigenvalue weighted by molar-refractivity contribution is 5.18. The summed E-state index contributed by atoms with van der Waals surface area (Å²) in [7, 11) is 0. The molecule has 17 heavy (non-hydrogen) atoms. The minimum atomic E-state index is 0.468. The summed E-state index contributed by atoms with van der Waals surface area (Å²) in [5.41, 5.74) is 8.40. The van der Waals surface area contributed by atoms with Gasteiger partial charge in [-0.25, -0.2) is 4.98 Å². The van der Waals surface area contributed by atoms with Crippen molar-refractivity contribution in [2.45, 2.75) is 25.4 Å². The summed E-state index contributed by atoms with van der Waals surface area (Å²) in [5, 5.41) is 0. The first kappa shape index (κ1) is 11.2. The molecular formula is C12H20N4O. The third-order valence-electron chi connectivity index (χ3n) is 3.84. The molecule has 1 aromatic heterocycles. The van der Waals surface area contributed by atoms with Gasteiger partial charge in [0.05, 0.1) is 25.2 Å². The van der Waals surface area contributed by atoms with Crippen LogP contribution < -0.4 is 5.73 Å². The van der Waals surface area contributed by atoms with E-state index in [1.165, 1.54) is 17.8 Å². The van der Waals surface area contributed by atoms with Crippen molar-refractivity contribution >= 4 is 0 Å². The van der Waals surface area contributed by atoms with E-state index in [1.807, 2.05) is 6.33 Å². The van der Waals surface area contributed by atoms with Crippen molar-refractivity contribution in [2.75, 3.05) is 32.8 Å². The Hall–Kier alpha value is -0.910. The number of ether oxygens (including phenoxy) is 1. The molecule has 0 saturated carbocycles. The quantitative estimate of drug-likeness (QED) is 0.812. The highest BCUT2D eigenvalue weighted by atomic mass is 16.5. The zero-order valence-corrected chi connectivity index (χ0v) is 10.1. The van der Waals surface area contributed by atoms with Gasteiger partial charge in [0.15, 0.2) is 0 Å². The zero-order chi connectivity index (χ0) is 11.7. The molecule has 3 heterocycles. The Bertz CT molecular complexity index is 384. The third kappa shape index (κ3) is 2.10. The van der Waals surface area contributed by atoms with Crippen LogP contribution in [0, 0.1) is 0 Å². The maximum Gasteiger partial charge on any atom is 0.0955 e. The van der Waals surface area contributed by atoms with Gasteiger partial charge < -0.3 is 15.0 Å². The van der Waals surface area contributed by atoms with Gasteiger partial charge in [0, 0.05) is 37.9 Å². The molecule has 1 aromatic rings. The van der Waals surface area contributed by atoms with Crippen LogP contribution >= 0.6 is 0 Å². The largest absolute Gasteiger partial charge is 0.379 e. The van der Waals surface area contributed by atoms with Crippen LogP contribution in [-0.4, -0.2) is 47.3 Å². The fourth-order valence-electron chi connectivity index (χ4n) is 2.79. The molecule has 2 N–H and O–H groups in total. The van der Waals surface area contributed by atoms with Crippen LogP contribution in [-0.2, 0) is 17.7 Å². The Labute approximate surface area is 102 Å². The summed E-state index contributed by atoms with van der Waals surface area (Å²) < 4.78 is 7.64. The molecule has 1 atom stereocenters. The summed E-state index contributed by atoms with van der Waals surface area (Å²) in [6, 6.07) is 0.468. The van der Waals surface area contributed by atoms with E-state index in [-0.39, 0.29) is 0 Å². The Morgan fingerprint density at radius 2 is 2.24 bits per heavy atom. The molecular weight excluding hydrogens is 216 g/mol. The van der Waals surface area contributed by atoms with Crippen LogP contribution in [0.5, 0.6) is 0 Å². The van der Waals surface area contributed by atoms with Gasteiger partial charge in [0.1, 0.15) is 0 Å². The van der Waals surface area contributed by atoms with E-state index in [0.29, 0.717) is 6.04 Å². The minimum Gasteiger partial charge on any atom is -0.379 e. The van der Waals surface area contributed by atoms with Gasteiger partial charge in [-0.05, 0) is 12.8 Å². The fourth-order valence-corrected chi connectivity index (χ4v) is 2.79. The fraction of sp³-hybridized carbons (Fsp3) is 0.750. The molecule has 1 fully saturated rings. The van der Waals surface area contributed by atoms with Gasteiger partial charge >= 0.3 is 0 Å². The molecule has 5 heteroatoms. The van der Waals surface area contributed by atoms with Crippen molar-refractivity contribution in [3.63, 3.8) is 0 Å². The van der Waals surface area contributed by atoms with E-state index in [2.05, 4.69) is 14.5 Å². The number of morpholine rings is 1. The molecule has 1 unspecified atom stereocenters. The first-order valence-electron chi connectivity index (χ1n) is 6.43. The molecule has 0 aromatic carbocycles. The topological polar surface area (TPSA) is 56.3 Å². The monoisotopic (exact) mass is 236 g/mol. The number of hydrogen-bond acceptors (Lipinski definition) is 4. The summed E-state index contributed by atoms with van der Waals surface area (Å²) in [4.78, 5) is 6.97. The maximum atomic E-state index is 5.77. The van der Waals surface area contributed by atoms with Crippen molar-refractivity contribution in [1.29, 1.82) is 0 Å². The van der Waals surface area contributed by atoms with Crippen molar-refractivity contribution in [3.8, 4) is 0 Å². The molecule has 0 radical (unpaired) electrons. The lowest BCUT2D eigenvalue weighted by atomic mass is 10.2. The second-order valence-corrected chi connectivity index (χ2v) is 4.86. The van der Waals surface area contributed by atoms with Crippen LogP contribution in [0.2, 0.25) is 0 Å². The Kier molecular flexibility index (Phi) is 3.13. The normalized spacial score (nSPS) is 25.1. The Balaban J connectivity index is 1.72. The molecule has 0 spiro atoms. The second-order valence-electron chi connectivity index (χ2n) is 4.86. The van der Waals surface area contributed by atoms with Gasteiger partial charge in [-0.2, -0.15) is 0 Å². The minimum absolute atomic E-state index is 0.468. The van der Waals surface area contributed by atoms with Gasteiger partial charge in [0.25, 0.3) is 0 Å². The Morgan fingerprint density at radius 3 is 3.00 bits per heavy atom. The number of imidazole rings is 1. The van der Waals surface area contributed by atoms with Gasteiger partial charge in [0.2, 0.25) is 0 Å². The predicted molar refractivity (Wildman–Crippen MR) is 64.7 cm³/mol. The van der Waals surface area contributed by atoms with Gasteiger partial charge in [-0.1, -0.05) is 0 Å². The molecule has 1 saturated heterocycles. The highest BCUT2D eigenvalue weighted by Crippen LogP contribution is 2.27. The van der Waals surface area contributed by atoms with Crippen molar-refractivity contribution in [1.82, 2.24) is 14.5 Å². The lowest BCUT2D eigenvalue weighted by Gasteiger charge is -2.26. The lowest BCUT2D eigenvalue weighted by Crippen LogP contribution is -2.36. The zero-order valence-electron chi connectivity index (χ0n) is 10.1. The van der Waals surface area contributed by atoms with Gasteiger partial charge in [-0.15, -0.1) is 0 Å². The van der Waals surface area contributed by atoms with Crippen LogP contribution in [0.3, 0.4) is 0 Å². The van der Waals surface area contributed by atoms with E-state index in [9.17, 15) is 0 Å². The number of rotatable bonds is 3. The van der Waals surface area contributed by atoms with Crippen LogP contribution in [0.4, 0.5) is 0 Å². The third-order valence-corrected chi connectivity index (χ3v) is 3.84. The number of fused-ring (bicyclic) bond motifs is 1. The smallest absolute Gasteiger partial charge is 0.0955 e. The molecule has 0 amide bonds. The molecule has 94 valence electrons. The summed E-state index contributed by atoms with van der Waals surface area (Å²) >= 11 is 0. The molecule has 2 aliphatic heterocycles. The number of hydrogen-bond donors (Lipinski definition) is 1. The van der Waals surface area contributed by atoms with E-state index in [4.69, 9.17) is 10.5 Å². The molecule has 3 rings (SSSR count). The van der Waals surface area contributed by atoms with E-state index in [1.54, 1.807) is 0 Å². The molecule has 2 aliphatic rings. The first-order chi connectivity index (χ1) is 8.38. The summed E-state index contributed by atoms with van der Waals surface area (Å²) in [6.07, 6.45) is 4.27. The average Bonchev–Trinajstić information content (AvgIpc) is 2.93. The molecule has 0 aliphatic carbocycles. The van der Waals surface area contributed by atoms with E-state index >= 15 is 0 Å². The number of nitrogens with zero attached hydrogens (tertiary/aromatic N) is 3. The number of aromatic nitrogens is 2. The standard InChI is InChI=1S/C12H20N4O/c13-7-10-1-2-12-11(14-9-16(10)12)8-15-3-5-17-6-4-15/h9-10H,1-8,13H2. The van der Waals surface area contributed by atoms with Gasteiger partial charge in [-0.3, -0.25) is 4.90 Å². The van der Waals surface area contributed by atoms with Crippen molar-refractivity contribution < 1.29 is 4.74 Å². The summed E-state index contributed by atoms with van der Waals surface area (Å²) in [5.74, 6) is 0. The lowest BCUT2D eigenvalue weighted by molar-refractivity contribution is 0.0336. The van der Waals surface area contributed by atoms with Crippen LogP contribution in [0.15, 0.2) is 6.33 Å². The molecule has 0 bridgehead atoms. The van der Waals surface area contributed by atoms with Crippen molar-refractivity contribution in [2.24, 2.45) is 5.73 Å². The second kappa shape index (κ2) is 4.76. The van der Waals surface area contributed by atoms with Crippen LogP contribution in [0.1, 0.15) is 23.9 Å². The maximum absolute atomic E-state index is 5.77. The molecule has 5 nitrogen and oxygen atoms in total. The number of nitrogens with two attached hydrogens (primary N) is 1. The van der Waals surface area contributed by atoms with Crippen LogP contribution in [0.25, 0.3) is 0 Å². The summed E-state index contributed by atoms with van der Waals surface area (Å²) in [6.45, 7) is 5.42. The highest BCUT2D eigenvalue weighted by Gasteiger charge is 2.25.